The molecule has 162 valence electrons. The van der Waals surface area contributed by atoms with Gasteiger partial charge in [-0.05, 0) is 44.2 Å². The molecule has 3 saturated heterocycles. The van der Waals surface area contributed by atoms with E-state index in [9.17, 15) is 19.5 Å². The largest absolute Gasteiger partial charge is 0.481 e. The zero-order valence-electron chi connectivity index (χ0n) is 17.5. The summed E-state index contributed by atoms with van der Waals surface area (Å²) in [4.78, 5) is 41.5. The smallest absolute Gasteiger partial charge is 0.308 e. The van der Waals surface area contributed by atoms with Crippen LogP contribution >= 0.6 is 0 Å². The number of rotatable bonds is 3. The number of likely N-dealkylation sites (tertiary alicyclic amines) is 2. The van der Waals surface area contributed by atoms with Crippen molar-refractivity contribution in [3.05, 3.63) is 35.4 Å². The monoisotopic (exact) mass is 414 g/mol. The summed E-state index contributed by atoms with van der Waals surface area (Å²) in [6, 6.07) is 7.57. The first-order chi connectivity index (χ1) is 14.4. The maximum atomic E-state index is 13.2. The molecule has 3 heterocycles. The summed E-state index contributed by atoms with van der Waals surface area (Å²) in [7, 11) is 0. The molecule has 30 heavy (non-hydrogen) atoms. The van der Waals surface area contributed by atoms with Crippen molar-refractivity contribution in [2.45, 2.75) is 32.6 Å². The Hall–Kier alpha value is -2.41. The second-order valence-electron chi connectivity index (χ2n) is 8.97. The second-order valence-corrected chi connectivity index (χ2v) is 8.97. The van der Waals surface area contributed by atoms with Gasteiger partial charge >= 0.3 is 5.97 Å². The van der Waals surface area contributed by atoms with E-state index >= 15 is 0 Å². The van der Waals surface area contributed by atoms with E-state index in [0.717, 1.165) is 5.56 Å². The lowest BCUT2D eigenvalue weighted by molar-refractivity contribution is -0.146. The Bertz CT molecular complexity index is 825. The number of hydrogen-bond donors (Lipinski definition) is 1. The molecule has 4 rings (SSSR count). The molecule has 0 aliphatic carbocycles. The molecule has 0 aromatic heterocycles. The van der Waals surface area contributed by atoms with Crippen molar-refractivity contribution in [1.82, 2.24) is 9.80 Å². The number of nitrogens with zero attached hydrogens (tertiary/aromatic N) is 2. The Morgan fingerprint density at radius 2 is 1.73 bits per heavy atom. The van der Waals surface area contributed by atoms with Gasteiger partial charge in [-0.2, -0.15) is 0 Å². The van der Waals surface area contributed by atoms with Crippen LogP contribution in [0.25, 0.3) is 0 Å². The third-order valence-electron chi connectivity index (χ3n) is 7.25. The minimum atomic E-state index is -0.814. The lowest BCUT2D eigenvalue weighted by Crippen LogP contribution is -2.44. The van der Waals surface area contributed by atoms with Crippen LogP contribution in [0.1, 0.15) is 41.6 Å². The lowest BCUT2D eigenvalue weighted by atomic mass is 9.72. The van der Waals surface area contributed by atoms with Crippen LogP contribution in [0.4, 0.5) is 0 Å². The predicted octanol–water partition coefficient (Wildman–Crippen LogP) is 2.19. The summed E-state index contributed by atoms with van der Waals surface area (Å²) in [5, 5.41) is 9.74. The quantitative estimate of drug-likeness (QED) is 0.819. The zero-order chi connectivity index (χ0) is 21.3. The van der Waals surface area contributed by atoms with Gasteiger partial charge in [0.1, 0.15) is 0 Å². The average molecular weight is 415 g/mol. The van der Waals surface area contributed by atoms with Crippen LogP contribution in [-0.2, 0) is 14.3 Å². The standard InChI is InChI=1S/C23H30N2O5/c1-16-4-2-3-5-18(16)21(27)24-10-6-17(7-11-24)20(26)25-14-19(22(28)29)23(15-25)8-12-30-13-9-23/h2-5,17,19H,6-15H2,1H3,(H,28,29). The fraction of sp³-hybridized carbons (Fsp3) is 0.609. The summed E-state index contributed by atoms with van der Waals surface area (Å²) < 4.78 is 5.44. The molecule has 0 saturated carbocycles. The number of aryl methyl sites for hydroxylation is 1. The summed E-state index contributed by atoms with van der Waals surface area (Å²) in [6.45, 7) is 4.96. The van der Waals surface area contributed by atoms with Crippen LogP contribution in [0.2, 0.25) is 0 Å². The van der Waals surface area contributed by atoms with Gasteiger partial charge in [0.2, 0.25) is 5.91 Å². The van der Waals surface area contributed by atoms with E-state index in [1.54, 1.807) is 4.90 Å². The average Bonchev–Trinajstić information content (AvgIpc) is 3.12. The highest BCUT2D eigenvalue weighted by Gasteiger charge is 2.52. The molecule has 7 heteroatoms. The molecule has 3 aliphatic rings. The van der Waals surface area contributed by atoms with E-state index in [4.69, 9.17) is 4.74 Å². The maximum Gasteiger partial charge on any atom is 0.308 e. The van der Waals surface area contributed by atoms with Crippen molar-refractivity contribution < 1.29 is 24.2 Å². The molecular formula is C23H30N2O5. The molecule has 1 spiro atoms. The minimum Gasteiger partial charge on any atom is -0.481 e. The number of aliphatic carboxylic acids is 1. The summed E-state index contributed by atoms with van der Waals surface area (Å²) in [5.74, 6) is -1.41. The topological polar surface area (TPSA) is 87.2 Å². The first kappa shape index (κ1) is 20.8. The molecule has 3 aliphatic heterocycles. The number of amides is 2. The van der Waals surface area contributed by atoms with E-state index in [2.05, 4.69) is 0 Å². The highest BCUT2D eigenvalue weighted by molar-refractivity contribution is 5.95. The SMILES string of the molecule is Cc1ccccc1C(=O)N1CCC(C(=O)N2CC(C(=O)O)C3(CCOCC3)C2)CC1. The van der Waals surface area contributed by atoms with Crippen molar-refractivity contribution in [3.63, 3.8) is 0 Å². The van der Waals surface area contributed by atoms with Crippen LogP contribution in [0.3, 0.4) is 0 Å². The van der Waals surface area contributed by atoms with Crippen LogP contribution in [0, 0.1) is 24.2 Å². The Balaban J connectivity index is 1.38. The van der Waals surface area contributed by atoms with Crippen molar-refractivity contribution in [1.29, 1.82) is 0 Å². The number of carbonyl (C=O) groups excluding carboxylic acids is 2. The van der Waals surface area contributed by atoms with E-state index in [0.29, 0.717) is 64.1 Å². The van der Waals surface area contributed by atoms with Crippen molar-refractivity contribution in [2.24, 2.45) is 17.3 Å². The van der Waals surface area contributed by atoms with Crippen LogP contribution in [0.15, 0.2) is 24.3 Å². The van der Waals surface area contributed by atoms with E-state index < -0.39 is 11.9 Å². The normalized spacial score (nSPS) is 24.2. The molecule has 1 N–H and O–H groups in total. The van der Waals surface area contributed by atoms with Gasteiger partial charge in [0.15, 0.2) is 0 Å². The Labute approximate surface area is 177 Å². The third kappa shape index (κ3) is 3.83. The molecule has 3 fully saturated rings. The first-order valence-electron chi connectivity index (χ1n) is 10.9. The number of carboxylic acid groups (broad SMARTS) is 1. The van der Waals surface area contributed by atoms with Crippen LogP contribution in [-0.4, -0.2) is 72.1 Å². The molecule has 1 unspecified atom stereocenters. The van der Waals surface area contributed by atoms with Gasteiger partial charge in [-0.3, -0.25) is 14.4 Å². The highest BCUT2D eigenvalue weighted by Crippen LogP contribution is 2.45. The van der Waals surface area contributed by atoms with Gasteiger partial charge in [0.05, 0.1) is 5.92 Å². The lowest BCUT2D eigenvalue weighted by Gasteiger charge is -2.36. The molecule has 1 aromatic rings. The third-order valence-corrected chi connectivity index (χ3v) is 7.25. The number of carbonyl (C=O) groups is 3. The molecule has 7 nitrogen and oxygen atoms in total. The minimum absolute atomic E-state index is 0.0206. The number of carboxylic acids is 1. The molecule has 1 atom stereocenters. The van der Waals surface area contributed by atoms with E-state index in [1.165, 1.54) is 0 Å². The second kappa shape index (κ2) is 8.38. The molecular weight excluding hydrogens is 384 g/mol. The number of benzene rings is 1. The first-order valence-corrected chi connectivity index (χ1v) is 10.9. The molecule has 2 amide bonds. The van der Waals surface area contributed by atoms with Gasteiger partial charge in [-0.1, -0.05) is 18.2 Å². The predicted molar refractivity (Wildman–Crippen MR) is 110 cm³/mol. The highest BCUT2D eigenvalue weighted by atomic mass is 16.5. The molecule has 1 aromatic carbocycles. The van der Waals surface area contributed by atoms with Crippen molar-refractivity contribution in [2.75, 3.05) is 39.4 Å². The summed E-state index contributed by atoms with van der Waals surface area (Å²) in [5.41, 5.74) is 1.31. The molecule has 0 bridgehead atoms. The van der Waals surface area contributed by atoms with E-state index in [1.807, 2.05) is 36.1 Å². The van der Waals surface area contributed by atoms with Crippen LogP contribution in [0.5, 0.6) is 0 Å². The van der Waals surface area contributed by atoms with Gasteiger partial charge in [-0.15, -0.1) is 0 Å². The number of hydrogen-bond acceptors (Lipinski definition) is 4. The fourth-order valence-electron chi connectivity index (χ4n) is 5.33. The Kier molecular flexibility index (Phi) is 5.82. The summed E-state index contributed by atoms with van der Waals surface area (Å²) in [6.07, 6.45) is 2.63. The zero-order valence-corrected chi connectivity index (χ0v) is 17.5. The van der Waals surface area contributed by atoms with Gasteiger partial charge in [0, 0.05) is 56.3 Å². The van der Waals surface area contributed by atoms with Gasteiger partial charge in [-0.25, -0.2) is 0 Å². The van der Waals surface area contributed by atoms with Gasteiger partial charge < -0.3 is 19.6 Å². The number of piperidine rings is 1. The Morgan fingerprint density at radius 1 is 1.07 bits per heavy atom. The molecule has 0 radical (unpaired) electrons. The van der Waals surface area contributed by atoms with E-state index in [-0.39, 0.29) is 29.7 Å². The fourth-order valence-corrected chi connectivity index (χ4v) is 5.33. The van der Waals surface area contributed by atoms with Crippen molar-refractivity contribution in [3.8, 4) is 0 Å². The van der Waals surface area contributed by atoms with Gasteiger partial charge in [0.25, 0.3) is 5.91 Å². The Morgan fingerprint density at radius 3 is 2.37 bits per heavy atom. The summed E-state index contributed by atoms with van der Waals surface area (Å²) >= 11 is 0. The van der Waals surface area contributed by atoms with Crippen molar-refractivity contribution >= 4 is 17.8 Å². The van der Waals surface area contributed by atoms with Crippen LogP contribution < -0.4 is 0 Å². The maximum absolute atomic E-state index is 13.2. The number of ether oxygens (including phenoxy) is 1.